The van der Waals surface area contributed by atoms with Gasteiger partial charge in [-0.1, -0.05) is 266 Å². The first kappa shape index (κ1) is 59.4. The molecule has 0 N–H and O–H groups in total. The van der Waals surface area contributed by atoms with Crippen LogP contribution in [0.25, 0.3) is 0 Å². The highest BCUT2D eigenvalue weighted by molar-refractivity contribution is 5.71. The van der Waals surface area contributed by atoms with Crippen molar-refractivity contribution in [2.75, 3.05) is 13.2 Å². The quantitative estimate of drug-likeness (QED) is 0.0344. The Morgan fingerprint density at radius 2 is 0.623 bits per heavy atom. The van der Waals surface area contributed by atoms with Gasteiger partial charge in [0.15, 0.2) is 6.10 Å². The van der Waals surface area contributed by atoms with Crippen molar-refractivity contribution in [2.45, 2.75) is 310 Å². The maximum atomic E-state index is 12.8. The average molecular weight is 863 g/mol. The van der Waals surface area contributed by atoms with Gasteiger partial charge >= 0.3 is 17.9 Å². The van der Waals surface area contributed by atoms with Crippen molar-refractivity contribution in [1.82, 2.24) is 0 Å². The zero-order chi connectivity index (χ0) is 44.7. The molecule has 0 radical (unpaired) electrons. The SMILES string of the molecule is CCCCCCCCCCCCCC(=O)OC[C@H](COC(=O)CCCCCCCCCCCCCCCCCC(C)C)OC(=O)CCCCCCCCCCCCC(C)CC. The minimum Gasteiger partial charge on any atom is -0.462 e. The highest BCUT2D eigenvalue weighted by atomic mass is 16.6. The number of hydrogen-bond acceptors (Lipinski definition) is 6. The molecule has 0 rings (SSSR count). The Kier molecular flexibility index (Phi) is 46.6. The maximum Gasteiger partial charge on any atom is 0.306 e. The van der Waals surface area contributed by atoms with E-state index in [1.165, 1.54) is 193 Å². The molecular weight excluding hydrogens is 757 g/mol. The third-order valence-electron chi connectivity index (χ3n) is 12.8. The summed E-state index contributed by atoms with van der Waals surface area (Å²) in [6.45, 7) is 11.4. The number of ether oxygens (including phenoxy) is 3. The molecule has 0 saturated heterocycles. The van der Waals surface area contributed by atoms with E-state index in [9.17, 15) is 14.4 Å². The fraction of sp³-hybridized carbons (Fsp3) is 0.945. The molecule has 0 bridgehead atoms. The standard InChI is InChI=1S/C55H106O6/c1-6-8-9-10-11-12-18-25-30-35-40-45-53(56)59-48-52(61-55(58)47-42-37-32-27-22-21-24-29-34-39-44-51(5)7-2)49-60-54(57)46-41-36-31-26-20-17-15-13-14-16-19-23-28-33-38-43-50(3)4/h50-52H,6-49H2,1-5H3/t51?,52-/m1/s1. The minimum absolute atomic E-state index is 0.0633. The first-order chi connectivity index (χ1) is 29.8. The summed E-state index contributed by atoms with van der Waals surface area (Å²) < 4.78 is 16.8. The van der Waals surface area contributed by atoms with Gasteiger partial charge in [0.25, 0.3) is 0 Å². The molecule has 0 aromatic heterocycles. The second-order valence-corrected chi connectivity index (χ2v) is 19.6. The summed E-state index contributed by atoms with van der Waals surface area (Å²) in [4.78, 5) is 38.0. The van der Waals surface area contributed by atoms with Crippen LogP contribution in [-0.2, 0) is 28.6 Å². The first-order valence-electron chi connectivity index (χ1n) is 27.3. The third kappa shape index (κ3) is 47.7. The molecule has 1 unspecified atom stereocenters. The molecule has 362 valence electrons. The summed E-state index contributed by atoms with van der Waals surface area (Å²) in [6.07, 6.45) is 49.4. The highest BCUT2D eigenvalue weighted by Gasteiger charge is 2.19. The van der Waals surface area contributed by atoms with Gasteiger partial charge in [-0.05, 0) is 31.1 Å². The van der Waals surface area contributed by atoms with E-state index in [-0.39, 0.29) is 31.1 Å². The monoisotopic (exact) mass is 863 g/mol. The lowest BCUT2D eigenvalue weighted by atomic mass is 9.99. The van der Waals surface area contributed by atoms with Crippen LogP contribution in [0.2, 0.25) is 0 Å². The zero-order valence-corrected chi connectivity index (χ0v) is 41.8. The van der Waals surface area contributed by atoms with Crippen LogP contribution in [0.5, 0.6) is 0 Å². The van der Waals surface area contributed by atoms with Gasteiger partial charge in [0, 0.05) is 19.3 Å². The third-order valence-corrected chi connectivity index (χ3v) is 12.8. The molecule has 6 heteroatoms. The van der Waals surface area contributed by atoms with Crippen molar-refractivity contribution in [2.24, 2.45) is 11.8 Å². The molecule has 0 aromatic rings. The van der Waals surface area contributed by atoms with Gasteiger partial charge in [0.1, 0.15) is 13.2 Å². The second kappa shape index (κ2) is 47.9. The van der Waals surface area contributed by atoms with E-state index in [1.807, 2.05) is 0 Å². The highest BCUT2D eigenvalue weighted by Crippen LogP contribution is 2.18. The van der Waals surface area contributed by atoms with Crippen molar-refractivity contribution in [3.8, 4) is 0 Å². The Morgan fingerprint density at radius 1 is 0.344 bits per heavy atom. The molecule has 0 aliphatic rings. The molecule has 6 nitrogen and oxygen atoms in total. The van der Waals surface area contributed by atoms with Gasteiger partial charge in [-0.3, -0.25) is 14.4 Å². The summed E-state index contributed by atoms with van der Waals surface area (Å²) in [7, 11) is 0. The number of carbonyl (C=O) groups is 3. The Labute approximate surface area is 380 Å². The molecule has 0 aliphatic heterocycles. The fourth-order valence-electron chi connectivity index (χ4n) is 8.31. The Bertz CT molecular complexity index is 933. The van der Waals surface area contributed by atoms with Crippen molar-refractivity contribution >= 4 is 17.9 Å². The molecule has 61 heavy (non-hydrogen) atoms. The van der Waals surface area contributed by atoms with E-state index >= 15 is 0 Å². The van der Waals surface area contributed by atoms with Gasteiger partial charge in [-0.25, -0.2) is 0 Å². The van der Waals surface area contributed by atoms with Gasteiger partial charge in [-0.15, -0.1) is 0 Å². The number of unbranched alkanes of at least 4 members (excludes halogenated alkanes) is 33. The van der Waals surface area contributed by atoms with Crippen molar-refractivity contribution < 1.29 is 28.6 Å². The number of carbonyl (C=O) groups excluding carboxylic acids is 3. The van der Waals surface area contributed by atoms with E-state index in [1.54, 1.807) is 0 Å². The van der Waals surface area contributed by atoms with Crippen LogP contribution in [0.4, 0.5) is 0 Å². The van der Waals surface area contributed by atoms with Crippen LogP contribution in [-0.4, -0.2) is 37.2 Å². The van der Waals surface area contributed by atoms with Gasteiger partial charge in [0.2, 0.25) is 0 Å². The summed E-state index contributed by atoms with van der Waals surface area (Å²) in [5, 5.41) is 0. The Hall–Kier alpha value is -1.59. The van der Waals surface area contributed by atoms with E-state index in [0.717, 1.165) is 69.6 Å². The van der Waals surface area contributed by atoms with Crippen LogP contribution in [0, 0.1) is 11.8 Å². The number of esters is 3. The van der Waals surface area contributed by atoms with E-state index in [0.29, 0.717) is 19.3 Å². The summed E-state index contributed by atoms with van der Waals surface area (Å²) >= 11 is 0. The second-order valence-electron chi connectivity index (χ2n) is 19.6. The predicted molar refractivity (Wildman–Crippen MR) is 261 cm³/mol. The molecular formula is C55H106O6. The summed E-state index contributed by atoms with van der Waals surface area (Å²) in [5.41, 5.74) is 0. The van der Waals surface area contributed by atoms with Crippen molar-refractivity contribution in [3.63, 3.8) is 0 Å². The number of hydrogen-bond donors (Lipinski definition) is 0. The zero-order valence-electron chi connectivity index (χ0n) is 41.8. The number of rotatable bonds is 49. The van der Waals surface area contributed by atoms with Crippen LogP contribution in [0.3, 0.4) is 0 Å². The van der Waals surface area contributed by atoms with Gasteiger partial charge in [0.05, 0.1) is 0 Å². The van der Waals surface area contributed by atoms with Crippen LogP contribution < -0.4 is 0 Å². The van der Waals surface area contributed by atoms with Crippen molar-refractivity contribution in [1.29, 1.82) is 0 Å². The minimum atomic E-state index is -0.762. The van der Waals surface area contributed by atoms with Crippen molar-refractivity contribution in [3.05, 3.63) is 0 Å². The molecule has 0 fully saturated rings. The molecule has 0 heterocycles. The van der Waals surface area contributed by atoms with E-state index in [4.69, 9.17) is 14.2 Å². The van der Waals surface area contributed by atoms with Crippen LogP contribution in [0.1, 0.15) is 304 Å². The Balaban J connectivity index is 4.28. The molecule has 0 saturated carbocycles. The summed E-state index contributed by atoms with van der Waals surface area (Å²) in [6, 6.07) is 0. The molecule has 0 aliphatic carbocycles. The maximum absolute atomic E-state index is 12.8. The van der Waals surface area contributed by atoms with Crippen LogP contribution in [0.15, 0.2) is 0 Å². The Morgan fingerprint density at radius 3 is 0.934 bits per heavy atom. The summed E-state index contributed by atoms with van der Waals surface area (Å²) in [5.74, 6) is 0.872. The lowest BCUT2D eigenvalue weighted by Gasteiger charge is -2.18. The molecule has 0 aromatic carbocycles. The fourth-order valence-corrected chi connectivity index (χ4v) is 8.31. The molecule has 0 spiro atoms. The van der Waals surface area contributed by atoms with E-state index in [2.05, 4.69) is 34.6 Å². The predicted octanol–water partition coefficient (Wildman–Crippen LogP) is 17.7. The van der Waals surface area contributed by atoms with E-state index < -0.39 is 6.10 Å². The normalized spacial score (nSPS) is 12.5. The molecule has 0 amide bonds. The average Bonchev–Trinajstić information content (AvgIpc) is 3.24. The first-order valence-corrected chi connectivity index (χ1v) is 27.3. The van der Waals surface area contributed by atoms with Gasteiger partial charge in [-0.2, -0.15) is 0 Å². The lowest BCUT2D eigenvalue weighted by Crippen LogP contribution is -2.30. The topological polar surface area (TPSA) is 78.9 Å². The smallest absolute Gasteiger partial charge is 0.306 e. The molecule has 2 atom stereocenters. The van der Waals surface area contributed by atoms with Gasteiger partial charge < -0.3 is 14.2 Å². The largest absolute Gasteiger partial charge is 0.462 e. The lowest BCUT2D eigenvalue weighted by molar-refractivity contribution is -0.167. The van der Waals surface area contributed by atoms with Crippen LogP contribution >= 0.6 is 0 Å².